The predicted molar refractivity (Wildman–Crippen MR) is 49.4 cm³/mol. The molecule has 0 saturated carbocycles. The van der Waals surface area contributed by atoms with E-state index in [0.29, 0.717) is 12.8 Å². The molecule has 0 aromatic carbocycles. The van der Waals surface area contributed by atoms with Crippen molar-refractivity contribution >= 4 is 11.8 Å². The summed E-state index contributed by atoms with van der Waals surface area (Å²) in [5, 5.41) is 8.32. The minimum atomic E-state index is -0.779. The number of hydrogen-bond donors (Lipinski definition) is 2. The van der Waals surface area contributed by atoms with Crippen LogP contribution in [-0.2, 0) is 9.59 Å². The molecule has 0 aromatic rings. The summed E-state index contributed by atoms with van der Waals surface area (Å²) < 4.78 is 0. The van der Waals surface area contributed by atoms with Crippen molar-refractivity contribution < 1.29 is 14.7 Å². The van der Waals surface area contributed by atoms with Crippen LogP contribution in [0, 0.1) is 0 Å². The molecule has 0 aliphatic carbocycles. The molecule has 0 fully saturated rings. The molecule has 13 heavy (non-hydrogen) atoms. The molecule has 0 amide bonds. The van der Waals surface area contributed by atoms with Gasteiger partial charge in [-0.15, -0.1) is 0 Å². The largest absolute Gasteiger partial charge is 0.481 e. The number of nitrogens with two attached hydrogens (primary N) is 1. The van der Waals surface area contributed by atoms with Crippen LogP contribution in [0.25, 0.3) is 0 Å². The Kier molecular flexibility index (Phi) is 6.14. The van der Waals surface area contributed by atoms with E-state index >= 15 is 0 Å². The molecule has 0 bridgehead atoms. The quantitative estimate of drug-likeness (QED) is 0.581. The lowest BCUT2D eigenvalue weighted by Gasteiger charge is -2.02. The van der Waals surface area contributed by atoms with Gasteiger partial charge in [0.05, 0.1) is 6.04 Å². The van der Waals surface area contributed by atoms with E-state index in [1.54, 1.807) is 6.92 Å². The van der Waals surface area contributed by atoms with Gasteiger partial charge < -0.3 is 10.8 Å². The van der Waals surface area contributed by atoms with Crippen molar-refractivity contribution in [3.05, 3.63) is 0 Å². The Morgan fingerprint density at radius 2 is 1.77 bits per heavy atom. The molecule has 76 valence electrons. The molecule has 0 heterocycles. The van der Waals surface area contributed by atoms with Gasteiger partial charge in [-0.2, -0.15) is 0 Å². The van der Waals surface area contributed by atoms with Crippen LogP contribution in [-0.4, -0.2) is 22.9 Å². The second-order valence-corrected chi connectivity index (χ2v) is 3.21. The number of carbonyl (C=O) groups excluding carboxylic acids is 1. The number of carboxylic acid groups (broad SMARTS) is 1. The molecule has 3 N–H and O–H groups in total. The topological polar surface area (TPSA) is 80.4 Å². The molecule has 0 unspecified atom stereocenters. The van der Waals surface area contributed by atoms with Crippen LogP contribution in [0.3, 0.4) is 0 Å². The fourth-order valence-corrected chi connectivity index (χ4v) is 0.980. The highest BCUT2D eigenvalue weighted by atomic mass is 16.4. The standard InChI is InChI=1S/C9H17NO3/c1-7(10)8(11)5-3-2-4-6-9(12)13/h7H,2-6,10H2,1H3,(H,12,13)/t7-/m0/s1. The number of carboxylic acids is 1. The van der Waals surface area contributed by atoms with Crippen LogP contribution in [0.2, 0.25) is 0 Å². The second-order valence-electron chi connectivity index (χ2n) is 3.21. The third-order valence-corrected chi connectivity index (χ3v) is 1.82. The van der Waals surface area contributed by atoms with Gasteiger partial charge in [-0.25, -0.2) is 0 Å². The van der Waals surface area contributed by atoms with Gasteiger partial charge in [-0.3, -0.25) is 9.59 Å². The molecule has 0 aliphatic rings. The molecule has 0 aromatic heterocycles. The van der Waals surface area contributed by atoms with Crippen LogP contribution in [0.1, 0.15) is 39.0 Å². The van der Waals surface area contributed by atoms with Crippen LogP contribution in [0.4, 0.5) is 0 Å². The van der Waals surface area contributed by atoms with Gasteiger partial charge in [-0.05, 0) is 19.8 Å². The Morgan fingerprint density at radius 3 is 2.23 bits per heavy atom. The summed E-state index contributed by atoms with van der Waals surface area (Å²) >= 11 is 0. The third kappa shape index (κ3) is 7.46. The van der Waals surface area contributed by atoms with Gasteiger partial charge in [0.1, 0.15) is 5.78 Å². The SMILES string of the molecule is C[C@H](N)C(=O)CCCCCC(=O)O. The Labute approximate surface area is 78.1 Å². The van der Waals surface area contributed by atoms with Crippen molar-refractivity contribution in [1.82, 2.24) is 0 Å². The van der Waals surface area contributed by atoms with Gasteiger partial charge in [0.25, 0.3) is 0 Å². The molecule has 4 nitrogen and oxygen atoms in total. The summed E-state index contributed by atoms with van der Waals surface area (Å²) in [6.45, 7) is 1.67. The number of hydrogen-bond acceptors (Lipinski definition) is 3. The van der Waals surface area contributed by atoms with Crippen molar-refractivity contribution in [2.45, 2.75) is 45.1 Å². The first-order valence-corrected chi connectivity index (χ1v) is 4.54. The summed E-state index contributed by atoms with van der Waals surface area (Å²) in [6, 6.07) is -0.389. The van der Waals surface area contributed by atoms with Gasteiger partial charge in [-0.1, -0.05) is 6.42 Å². The van der Waals surface area contributed by atoms with Crippen LogP contribution >= 0.6 is 0 Å². The average Bonchev–Trinajstić information content (AvgIpc) is 2.02. The average molecular weight is 187 g/mol. The number of aliphatic carboxylic acids is 1. The van der Waals surface area contributed by atoms with E-state index in [2.05, 4.69) is 0 Å². The molecule has 0 radical (unpaired) electrons. The lowest BCUT2D eigenvalue weighted by Crippen LogP contribution is -2.26. The zero-order valence-corrected chi connectivity index (χ0v) is 7.95. The molecule has 0 rings (SSSR count). The van der Waals surface area contributed by atoms with Crippen LogP contribution < -0.4 is 5.73 Å². The van der Waals surface area contributed by atoms with Crippen LogP contribution in [0.5, 0.6) is 0 Å². The first-order valence-electron chi connectivity index (χ1n) is 4.54. The minimum Gasteiger partial charge on any atom is -0.481 e. The Morgan fingerprint density at radius 1 is 1.23 bits per heavy atom. The van der Waals surface area contributed by atoms with Crippen molar-refractivity contribution in [1.29, 1.82) is 0 Å². The third-order valence-electron chi connectivity index (χ3n) is 1.82. The highest BCUT2D eigenvalue weighted by Crippen LogP contribution is 2.04. The maximum atomic E-state index is 11.0. The summed E-state index contributed by atoms with van der Waals surface area (Å²) in [7, 11) is 0. The second kappa shape index (κ2) is 6.60. The smallest absolute Gasteiger partial charge is 0.303 e. The van der Waals surface area contributed by atoms with E-state index in [9.17, 15) is 9.59 Å². The van der Waals surface area contributed by atoms with Crippen molar-refractivity contribution in [2.24, 2.45) is 5.73 Å². The molecule has 0 saturated heterocycles. The summed E-state index contributed by atoms with van der Waals surface area (Å²) in [5.41, 5.74) is 5.36. The maximum Gasteiger partial charge on any atom is 0.303 e. The molecular weight excluding hydrogens is 170 g/mol. The van der Waals surface area contributed by atoms with Gasteiger partial charge >= 0.3 is 5.97 Å². The lowest BCUT2D eigenvalue weighted by molar-refractivity contribution is -0.137. The first kappa shape index (κ1) is 12.1. The molecule has 0 aliphatic heterocycles. The molecule has 0 spiro atoms. The van der Waals surface area contributed by atoms with Gasteiger partial charge in [0, 0.05) is 12.8 Å². The van der Waals surface area contributed by atoms with Crippen molar-refractivity contribution in [2.75, 3.05) is 0 Å². The van der Waals surface area contributed by atoms with Gasteiger partial charge in [0.15, 0.2) is 0 Å². The van der Waals surface area contributed by atoms with E-state index in [1.807, 2.05) is 0 Å². The van der Waals surface area contributed by atoms with E-state index in [-0.39, 0.29) is 18.2 Å². The predicted octanol–water partition coefficient (Wildman–Crippen LogP) is 0.938. The molecule has 1 atom stereocenters. The van der Waals surface area contributed by atoms with Gasteiger partial charge in [0.2, 0.25) is 0 Å². The monoisotopic (exact) mass is 187 g/mol. The van der Waals surface area contributed by atoms with E-state index in [4.69, 9.17) is 10.8 Å². The first-order chi connectivity index (χ1) is 6.04. The Balaban J connectivity index is 3.26. The zero-order chi connectivity index (χ0) is 10.3. The normalized spacial score (nSPS) is 12.5. The number of Topliss-reactive ketones (excluding diaryl/α,β-unsaturated/α-hetero) is 1. The van der Waals surface area contributed by atoms with Crippen molar-refractivity contribution in [3.8, 4) is 0 Å². The fraction of sp³-hybridized carbons (Fsp3) is 0.778. The minimum absolute atomic E-state index is 0.0512. The van der Waals surface area contributed by atoms with Crippen molar-refractivity contribution in [3.63, 3.8) is 0 Å². The summed E-state index contributed by atoms with van der Waals surface area (Å²) in [5.74, 6) is -0.728. The highest BCUT2D eigenvalue weighted by Gasteiger charge is 2.06. The highest BCUT2D eigenvalue weighted by molar-refractivity contribution is 5.83. The number of rotatable bonds is 7. The maximum absolute atomic E-state index is 11.0. The summed E-state index contributed by atoms with van der Waals surface area (Å²) in [4.78, 5) is 21.1. The Bertz CT molecular complexity index is 178. The lowest BCUT2D eigenvalue weighted by atomic mass is 10.1. The number of ketones is 1. The summed E-state index contributed by atoms with van der Waals surface area (Å²) in [6.07, 6.45) is 2.82. The Hall–Kier alpha value is -0.900. The number of unbranched alkanes of at least 4 members (excludes halogenated alkanes) is 2. The number of carbonyl (C=O) groups is 2. The molecule has 4 heteroatoms. The van der Waals surface area contributed by atoms with E-state index in [1.165, 1.54) is 0 Å². The van der Waals surface area contributed by atoms with Crippen LogP contribution in [0.15, 0.2) is 0 Å². The zero-order valence-electron chi connectivity index (χ0n) is 7.95. The molecular formula is C9H17NO3. The van der Waals surface area contributed by atoms with E-state index < -0.39 is 5.97 Å². The van der Waals surface area contributed by atoms with E-state index in [0.717, 1.165) is 12.8 Å². The fourth-order valence-electron chi connectivity index (χ4n) is 0.980.